The molecule has 1 unspecified atom stereocenters. The fourth-order valence-corrected chi connectivity index (χ4v) is 3.09. The van der Waals surface area contributed by atoms with E-state index >= 15 is 0 Å². The molecule has 0 radical (unpaired) electrons. The van der Waals surface area contributed by atoms with E-state index in [9.17, 15) is 4.39 Å². The first kappa shape index (κ1) is 11.0. The maximum Gasteiger partial charge on any atom is 0.128 e. The molecule has 0 aromatic heterocycles. The number of anilines is 1. The van der Waals surface area contributed by atoms with Gasteiger partial charge in [0.25, 0.3) is 0 Å². The van der Waals surface area contributed by atoms with Gasteiger partial charge in [-0.25, -0.2) is 4.39 Å². The lowest BCUT2D eigenvalue weighted by Crippen LogP contribution is -2.36. The van der Waals surface area contributed by atoms with E-state index in [4.69, 9.17) is 0 Å². The number of rotatable bonds is 2. The highest BCUT2D eigenvalue weighted by atomic mass is 19.1. The zero-order valence-corrected chi connectivity index (χ0v) is 10.3. The van der Waals surface area contributed by atoms with Gasteiger partial charge in [0.1, 0.15) is 5.82 Å². The topological polar surface area (TPSA) is 15.3 Å². The number of halogens is 1. The predicted octanol–water partition coefficient (Wildman–Crippen LogP) is 2.19. The van der Waals surface area contributed by atoms with Gasteiger partial charge in [0.15, 0.2) is 0 Å². The van der Waals surface area contributed by atoms with Gasteiger partial charge in [-0.15, -0.1) is 0 Å². The lowest BCUT2D eigenvalue weighted by molar-refractivity contribution is 0.367. The highest BCUT2D eigenvalue weighted by Crippen LogP contribution is 2.34. The summed E-state index contributed by atoms with van der Waals surface area (Å²) in [6, 6.07) is 5.44. The van der Waals surface area contributed by atoms with Crippen LogP contribution < -0.4 is 10.2 Å². The van der Waals surface area contributed by atoms with Gasteiger partial charge in [0.05, 0.1) is 0 Å². The lowest BCUT2D eigenvalue weighted by atomic mass is 9.89. The highest BCUT2D eigenvalue weighted by Gasteiger charge is 2.33. The van der Waals surface area contributed by atoms with Crippen LogP contribution in [0.3, 0.4) is 0 Å². The van der Waals surface area contributed by atoms with Crippen LogP contribution in [0.25, 0.3) is 0 Å². The van der Waals surface area contributed by atoms with Gasteiger partial charge in [-0.2, -0.15) is 0 Å². The Morgan fingerprint density at radius 3 is 3.12 bits per heavy atom. The van der Waals surface area contributed by atoms with Gasteiger partial charge in [0, 0.05) is 30.9 Å². The van der Waals surface area contributed by atoms with Gasteiger partial charge >= 0.3 is 0 Å². The summed E-state index contributed by atoms with van der Waals surface area (Å²) in [6.45, 7) is 6.51. The van der Waals surface area contributed by atoms with E-state index in [0.29, 0.717) is 5.41 Å². The first-order valence-corrected chi connectivity index (χ1v) is 6.41. The quantitative estimate of drug-likeness (QED) is 0.844. The molecular formula is C14H19FN2. The Kier molecular flexibility index (Phi) is 2.58. The van der Waals surface area contributed by atoms with E-state index in [1.807, 2.05) is 6.07 Å². The van der Waals surface area contributed by atoms with Crippen LogP contribution in [0.15, 0.2) is 18.2 Å². The molecule has 0 amide bonds. The van der Waals surface area contributed by atoms with E-state index in [1.165, 1.54) is 6.42 Å². The molecule has 1 aromatic rings. The zero-order chi connectivity index (χ0) is 11.9. The largest absolute Gasteiger partial charge is 0.370 e. The maximum absolute atomic E-state index is 13.6. The van der Waals surface area contributed by atoms with E-state index in [2.05, 4.69) is 23.2 Å². The third kappa shape index (κ3) is 1.93. The Morgan fingerprint density at radius 1 is 1.47 bits per heavy atom. The minimum absolute atomic E-state index is 0.0419. The molecule has 1 saturated heterocycles. The third-order valence-corrected chi connectivity index (χ3v) is 4.10. The minimum atomic E-state index is -0.0419. The zero-order valence-electron chi connectivity index (χ0n) is 10.3. The molecule has 0 aliphatic carbocycles. The van der Waals surface area contributed by atoms with Crippen LogP contribution in [0.2, 0.25) is 0 Å². The van der Waals surface area contributed by atoms with Crippen molar-refractivity contribution in [3.63, 3.8) is 0 Å². The molecule has 1 aromatic carbocycles. The molecule has 1 fully saturated rings. The second-order valence-corrected chi connectivity index (χ2v) is 5.65. The van der Waals surface area contributed by atoms with Crippen molar-refractivity contribution in [2.45, 2.75) is 19.8 Å². The van der Waals surface area contributed by atoms with Crippen molar-refractivity contribution < 1.29 is 4.39 Å². The molecular weight excluding hydrogens is 215 g/mol. The number of nitrogens with zero attached hydrogens (tertiary/aromatic N) is 1. The molecule has 2 heterocycles. The summed E-state index contributed by atoms with van der Waals surface area (Å²) < 4.78 is 13.6. The second kappa shape index (κ2) is 3.98. The molecule has 2 aliphatic rings. The number of fused-ring (bicyclic) bond motifs is 1. The van der Waals surface area contributed by atoms with E-state index in [-0.39, 0.29) is 5.82 Å². The van der Waals surface area contributed by atoms with Gasteiger partial charge < -0.3 is 10.2 Å². The Morgan fingerprint density at radius 2 is 2.35 bits per heavy atom. The summed E-state index contributed by atoms with van der Waals surface area (Å²) in [5.41, 5.74) is 2.36. The van der Waals surface area contributed by atoms with Gasteiger partial charge in [0.2, 0.25) is 0 Å². The van der Waals surface area contributed by atoms with E-state index in [1.54, 1.807) is 6.07 Å². The Bertz CT molecular complexity index is 424. The SMILES string of the molecule is CC1(CN2CCc3c(F)cccc32)CCNC1. The summed E-state index contributed by atoms with van der Waals surface area (Å²) in [7, 11) is 0. The summed E-state index contributed by atoms with van der Waals surface area (Å²) >= 11 is 0. The fraction of sp³-hybridized carbons (Fsp3) is 0.571. The molecule has 1 N–H and O–H groups in total. The minimum Gasteiger partial charge on any atom is -0.370 e. The molecule has 2 nitrogen and oxygen atoms in total. The van der Waals surface area contributed by atoms with Crippen LogP contribution in [-0.2, 0) is 6.42 Å². The van der Waals surface area contributed by atoms with Crippen LogP contribution in [0.1, 0.15) is 18.9 Å². The third-order valence-electron chi connectivity index (χ3n) is 4.10. The van der Waals surface area contributed by atoms with Crippen molar-refractivity contribution >= 4 is 5.69 Å². The number of nitrogens with one attached hydrogen (secondary N) is 1. The molecule has 92 valence electrons. The molecule has 0 spiro atoms. The molecule has 1 atom stereocenters. The smallest absolute Gasteiger partial charge is 0.128 e. The van der Waals surface area contributed by atoms with Gasteiger partial charge in [-0.3, -0.25) is 0 Å². The molecule has 0 saturated carbocycles. The molecule has 2 aliphatic heterocycles. The normalized spacial score (nSPS) is 27.5. The molecule has 3 rings (SSSR count). The molecule has 0 bridgehead atoms. The van der Waals surface area contributed by atoms with Crippen LogP contribution in [0.5, 0.6) is 0 Å². The summed E-state index contributed by atoms with van der Waals surface area (Å²) in [6.07, 6.45) is 2.07. The van der Waals surface area contributed by atoms with Crippen molar-refractivity contribution in [2.24, 2.45) is 5.41 Å². The summed E-state index contributed by atoms with van der Waals surface area (Å²) in [5.74, 6) is -0.0419. The molecule has 3 heteroatoms. The average Bonchev–Trinajstić information content (AvgIpc) is 2.88. The second-order valence-electron chi connectivity index (χ2n) is 5.65. The first-order chi connectivity index (χ1) is 8.18. The van der Waals surface area contributed by atoms with E-state index in [0.717, 1.165) is 43.9 Å². The number of hydrogen-bond donors (Lipinski definition) is 1. The van der Waals surface area contributed by atoms with Gasteiger partial charge in [-0.05, 0) is 36.9 Å². The van der Waals surface area contributed by atoms with Crippen LogP contribution in [0.4, 0.5) is 10.1 Å². The predicted molar refractivity (Wildman–Crippen MR) is 67.9 cm³/mol. The van der Waals surface area contributed by atoms with Gasteiger partial charge in [-0.1, -0.05) is 13.0 Å². The van der Waals surface area contributed by atoms with Crippen molar-refractivity contribution in [3.05, 3.63) is 29.6 Å². The van der Waals surface area contributed by atoms with Crippen LogP contribution in [-0.4, -0.2) is 26.2 Å². The summed E-state index contributed by atoms with van der Waals surface area (Å²) in [4.78, 5) is 2.35. The van der Waals surface area contributed by atoms with Crippen molar-refractivity contribution in [3.8, 4) is 0 Å². The number of benzene rings is 1. The van der Waals surface area contributed by atoms with Crippen molar-refractivity contribution in [1.29, 1.82) is 0 Å². The lowest BCUT2D eigenvalue weighted by Gasteiger charge is -2.30. The van der Waals surface area contributed by atoms with Crippen LogP contribution in [0, 0.1) is 11.2 Å². The fourth-order valence-electron chi connectivity index (χ4n) is 3.09. The average molecular weight is 234 g/mol. The first-order valence-electron chi connectivity index (χ1n) is 6.41. The summed E-state index contributed by atoms with van der Waals surface area (Å²) in [5, 5.41) is 3.42. The highest BCUT2D eigenvalue weighted by molar-refractivity contribution is 5.58. The standard InChI is InChI=1S/C14H19FN2/c1-14(6-7-16-9-14)10-17-8-5-11-12(15)3-2-4-13(11)17/h2-4,16H,5-10H2,1H3. The Labute approximate surface area is 102 Å². The van der Waals surface area contributed by atoms with Crippen LogP contribution >= 0.6 is 0 Å². The number of hydrogen-bond acceptors (Lipinski definition) is 2. The monoisotopic (exact) mass is 234 g/mol. The molecule has 17 heavy (non-hydrogen) atoms. The van der Waals surface area contributed by atoms with Crippen molar-refractivity contribution in [2.75, 3.05) is 31.1 Å². The maximum atomic E-state index is 13.6. The Hall–Kier alpha value is -1.09. The Balaban J connectivity index is 1.82. The van der Waals surface area contributed by atoms with E-state index < -0.39 is 0 Å². The van der Waals surface area contributed by atoms with Crippen molar-refractivity contribution in [1.82, 2.24) is 5.32 Å².